The molecule has 0 unspecified atom stereocenters. The molecule has 1 saturated carbocycles. The highest BCUT2D eigenvalue weighted by Crippen LogP contribution is 2.26. The molecule has 124 valence electrons. The summed E-state index contributed by atoms with van der Waals surface area (Å²) in [7, 11) is -0.873. The van der Waals surface area contributed by atoms with Crippen LogP contribution >= 0.6 is 11.6 Å². The quantitative estimate of drug-likeness (QED) is 0.739. The number of halogens is 1. The van der Waals surface area contributed by atoms with Crippen molar-refractivity contribution in [2.24, 2.45) is 0 Å². The molecule has 0 saturated heterocycles. The minimum atomic E-state index is -0.873. The highest BCUT2D eigenvalue weighted by molar-refractivity contribution is 6.61. The Kier molecular flexibility index (Phi) is 4.31. The lowest BCUT2D eigenvalue weighted by Crippen LogP contribution is -2.28. The van der Waals surface area contributed by atoms with Crippen LogP contribution < -0.4 is 16.1 Å². The molecule has 1 aromatic carbocycles. The normalized spacial score (nSPS) is 17.2. The Morgan fingerprint density at radius 3 is 2.96 bits per heavy atom. The van der Waals surface area contributed by atoms with E-state index in [0.717, 1.165) is 29.6 Å². The molecule has 1 aliphatic heterocycles. The zero-order chi connectivity index (χ0) is 16.5. The summed E-state index contributed by atoms with van der Waals surface area (Å²) in [6, 6.07) is 6.14. The van der Waals surface area contributed by atoms with Crippen molar-refractivity contribution in [3.8, 4) is 0 Å². The number of rotatable bonds is 4. The summed E-state index contributed by atoms with van der Waals surface area (Å²) in [5.74, 6) is 1.12. The molecule has 3 N–H and O–H groups in total. The van der Waals surface area contributed by atoms with Crippen molar-refractivity contribution in [2.45, 2.75) is 38.3 Å². The van der Waals surface area contributed by atoms with Crippen LogP contribution in [0, 0.1) is 0 Å². The lowest BCUT2D eigenvalue weighted by molar-refractivity contribution is 0.275. The van der Waals surface area contributed by atoms with E-state index in [1.165, 1.54) is 12.8 Å². The van der Waals surface area contributed by atoms with Crippen LogP contribution in [0.2, 0.25) is 5.02 Å². The summed E-state index contributed by atoms with van der Waals surface area (Å²) in [6.07, 6.45) is 6.39. The largest absolute Gasteiger partial charge is 0.491 e. The van der Waals surface area contributed by atoms with Crippen molar-refractivity contribution >= 4 is 41.6 Å². The maximum Gasteiger partial charge on any atom is 0.491 e. The number of fused-ring (bicyclic) bond motifs is 1. The molecule has 0 bridgehead atoms. The van der Waals surface area contributed by atoms with Crippen LogP contribution in [-0.2, 0) is 11.3 Å². The number of hydrogen-bond donors (Lipinski definition) is 3. The second-order valence-electron chi connectivity index (χ2n) is 6.22. The van der Waals surface area contributed by atoms with Gasteiger partial charge < -0.3 is 20.3 Å². The first-order valence-electron chi connectivity index (χ1n) is 8.17. The van der Waals surface area contributed by atoms with E-state index in [1.54, 1.807) is 6.20 Å². The summed E-state index contributed by atoms with van der Waals surface area (Å²) in [4.78, 5) is 8.74. The average molecular weight is 345 g/mol. The molecular weight excluding hydrogens is 326 g/mol. The topological polar surface area (TPSA) is 79.3 Å². The van der Waals surface area contributed by atoms with Crippen molar-refractivity contribution < 1.29 is 9.68 Å². The molecule has 1 aromatic heterocycles. The minimum absolute atomic E-state index is 0.431. The van der Waals surface area contributed by atoms with Crippen LogP contribution in [0.3, 0.4) is 0 Å². The molecule has 8 heteroatoms. The maximum absolute atomic E-state index is 9.82. The molecule has 6 nitrogen and oxygen atoms in total. The van der Waals surface area contributed by atoms with Gasteiger partial charge in [-0.1, -0.05) is 30.5 Å². The molecule has 1 fully saturated rings. The number of hydrogen-bond acceptors (Lipinski definition) is 6. The number of nitrogens with zero attached hydrogens (tertiary/aromatic N) is 2. The van der Waals surface area contributed by atoms with E-state index >= 15 is 0 Å². The van der Waals surface area contributed by atoms with E-state index < -0.39 is 7.12 Å². The van der Waals surface area contributed by atoms with Gasteiger partial charge in [0.25, 0.3) is 0 Å². The Hall–Kier alpha value is -1.83. The van der Waals surface area contributed by atoms with Crippen LogP contribution in [0.5, 0.6) is 0 Å². The highest BCUT2D eigenvalue weighted by Gasteiger charge is 2.27. The van der Waals surface area contributed by atoms with Crippen molar-refractivity contribution in [3.63, 3.8) is 0 Å². The molecule has 24 heavy (non-hydrogen) atoms. The van der Waals surface area contributed by atoms with Crippen LogP contribution in [0.1, 0.15) is 31.2 Å². The standard InChI is InChI=1S/C16H18BClN4O2/c18-14-8-19-16(21-11-3-1-2-4-11)22-15(14)20-12-6-5-10-9-24-17(23)13(10)7-12/h5-8,11,23H,1-4,9H2,(H2,19,20,21,22). The van der Waals surface area contributed by atoms with Crippen molar-refractivity contribution in [1.29, 1.82) is 0 Å². The minimum Gasteiger partial charge on any atom is -0.423 e. The van der Waals surface area contributed by atoms with Gasteiger partial charge in [0.1, 0.15) is 5.02 Å². The third-order valence-electron chi connectivity index (χ3n) is 4.50. The van der Waals surface area contributed by atoms with Crippen LogP contribution in [0.15, 0.2) is 24.4 Å². The Morgan fingerprint density at radius 2 is 2.12 bits per heavy atom. The molecule has 1 aliphatic carbocycles. The van der Waals surface area contributed by atoms with Crippen molar-refractivity contribution in [2.75, 3.05) is 10.6 Å². The number of aromatic nitrogens is 2. The first kappa shape index (κ1) is 15.7. The fraction of sp³-hybridized carbons (Fsp3) is 0.375. The molecule has 4 rings (SSSR count). The predicted octanol–water partition coefficient (Wildman–Crippen LogP) is 2.45. The molecular formula is C16H18BClN4O2. The van der Waals surface area contributed by atoms with Gasteiger partial charge in [0.2, 0.25) is 5.95 Å². The highest BCUT2D eigenvalue weighted by atomic mass is 35.5. The Morgan fingerprint density at radius 1 is 1.29 bits per heavy atom. The van der Waals surface area contributed by atoms with Gasteiger partial charge in [-0.15, -0.1) is 0 Å². The van der Waals surface area contributed by atoms with Gasteiger partial charge in [0.05, 0.1) is 12.8 Å². The Labute approximate surface area is 145 Å². The monoisotopic (exact) mass is 344 g/mol. The summed E-state index contributed by atoms with van der Waals surface area (Å²) >= 11 is 6.22. The number of anilines is 3. The second-order valence-corrected chi connectivity index (χ2v) is 6.63. The van der Waals surface area contributed by atoms with Gasteiger partial charge in [0.15, 0.2) is 5.82 Å². The fourth-order valence-electron chi connectivity index (χ4n) is 3.21. The molecule has 0 spiro atoms. The van der Waals surface area contributed by atoms with Crippen LogP contribution in [0.4, 0.5) is 17.5 Å². The van der Waals surface area contributed by atoms with Crippen molar-refractivity contribution in [3.05, 3.63) is 35.0 Å². The predicted molar refractivity (Wildman–Crippen MR) is 95.0 cm³/mol. The molecule has 0 amide bonds. The van der Waals surface area contributed by atoms with E-state index in [9.17, 15) is 5.02 Å². The molecule has 2 aliphatic rings. The zero-order valence-corrected chi connectivity index (χ0v) is 13.9. The summed E-state index contributed by atoms with van der Waals surface area (Å²) in [6.45, 7) is 0.431. The van der Waals surface area contributed by atoms with Gasteiger partial charge >= 0.3 is 7.12 Å². The number of nitrogens with one attached hydrogen (secondary N) is 2. The van der Waals surface area contributed by atoms with Gasteiger partial charge in [-0.3, -0.25) is 0 Å². The lowest BCUT2D eigenvalue weighted by atomic mass is 9.79. The third kappa shape index (κ3) is 3.20. The van der Waals surface area contributed by atoms with E-state index in [-0.39, 0.29) is 0 Å². The molecule has 0 atom stereocenters. The van der Waals surface area contributed by atoms with Crippen LogP contribution in [0.25, 0.3) is 0 Å². The zero-order valence-electron chi connectivity index (χ0n) is 13.1. The van der Waals surface area contributed by atoms with Gasteiger partial charge in [-0.05, 0) is 36.0 Å². The molecule has 2 aromatic rings. The Balaban J connectivity index is 1.54. The summed E-state index contributed by atoms with van der Waals surface area (Å²) in [5, 5.41) is 16.8. The maximum atomic E-state index is 9.82. The van der Waals surface area contributed by atoms with Gasteiger partial charge in [-0.25, -0.2) is 4.98 Å². The Bertz CT molecular complexity index is 755. The average Bonchev–Trinajstić information content (AvgIpc) is 3.21. The van der Waals surface area contributed by atoms with E-state index in [0.29, 0.717) is 29.4 Å². The van der Waals surface area contributed by atoms with Crippen LogP contribution in [-0.4, -0.2) is 28.2 Å². The van der Waals surface area contributed by atoms with E-state index in [2.05, 4.69) is 20.6 Å². The molecule has 2 heterocycles. The summed E-state index contributed by atoms with van der Waals surface area (Å²) in [5.41, 5.74) is 2.56. The lowest BCUT2D eigenvalue weighted by Gasteiger charge is -2.14. The molecule has 0 radical (unpaired) electrons. The SMILES string of the molecule is OB1OCc2ccc(Nc3nc(NC4CCCC4)ncc3Cl)cc21. The van der Waals surface area contributed by atoms with E-state index in [4.69, 9.17) is 16.3 Å². The number of benzene rings is 1. The second kappa shape index (κ2) is 6.59. The van der Waals surface area contributed by atoms with Crippen molar-refractivity contribution in [1.82, 2.24) is 9.97 Å². The van der Waals surface area contributed by atoms with Gasteiger partial charge in [0, 0.05) is 11.7 Å². The summed E-state index contributed by atoms with van der Waals surface area (Å²) < 4.78 is 5.21. The third-order valence-corrected chi connectivity index (χ3v) is 4.78. The first-order chi connectivity index (χ1) is 11.7. The smallest absolute Gasteiger partial charge is 0.423 e. The van der Waals surface area contributed by atoms with E-state index in [1.807, 2.05) is 18.2 Å². The first-order valence-corrected chi connectivity index (χ1v) is 8.55. The fourth-order valence-corrected chi connectivity index (χ4v) is 3.34. The van der Waals surface area contributed by atoms with Gasteiger partial charge in [-0.2, -0.15) is 4.98 Å².